The van der Waals surface area contributed by atoms with Crippen molar-refractivity contribution in [2.75, 3.05) is 5.75 Å². The highest BCUT2D eigenvalue weighted by Crippen LogP contribution is 2.47. The third-order valence-electron chi connectivity index (χ3n) is 3.73. The third kappa shape index (κ3) is 1.72. The maximum absolute atomic E-state index is 11.4. The van der Waals surface area contributed by atoms with E-state index in [1.807, 2.05) is 0 Å². The molecule has 98 valence electrons. The first-order valence-electron chi connectivity index (χ1n) is 5.98. The second kappa shape index (κ2) is 4.01. The standard InChI is InChI=1S/C10H21N5OS/c1-2-3-4-5-9(12)10(13)8(11,6-17-9)14-7(16)15-10/h2-6,11-13H2,1H3,(H2,14,15,16)/t8-,9-,10-/m0/s1. The van der Waals surface area contributed by atoms with Crippen molar-refractivity contribution in [1.82, 2.24) is 10.6 Å². The van der Waals surface area contributed by atoms with Gasteiger partial charge in [0.05, 0.1) is 0 Å². The molecule has 2 amide bonds. The Morgan fingerprint density at radius 1 is 1.29 bits per heavy atom. The number of urea groups is 1. The summed E-state index contributed by atoms with van der Waals surface area (Å²) in [4.78, 5) is 10.7. The highest BCUT2D eigenvalue weighted by Gasteiger charge is 2.68. The Morgan fingerprint density at radius 2 is 2.00 bits per heavy atom. The van der Waals surface area contributed by atoms with E-state index in [1.165, 1.54) is 11.8 Å². The molecule has 0 bridgehead atoms. The van der Waals surface area contributed by atoms with Gasteiger partial charge in [0.15, 0.2) is 5.66 Å². The zero-order valence-electron chi connectivity index (χ0n) is 10.1. The van der Waals surface area contributed by atoms with Crippen molar-refractivity contribution in [2.45, 2.75) is 48.8 Å². The van der Waals surface area contributed by atoms with Crippen molar-refractivity contribution in [1.29, 1.82) is 0 Å². The van der Waals surface area contributed by atoms with E-state index in [2.05, 4.69) is 17.6 Å². The SMILES string of the molecule is CCCCC[C@]1(N)SC[C@]2(N)NC(=O)N[C@@]21N. The molecule has 0 spiro atoms. The quantitative estimate of drug-likeness (QED) is 0.347. The molecule has 2 rings (SSSR count). The summed E-state index contributed by atoms with van der Waals surface area (Å²) >= 11 is 1.54. The first-order valence-corrected chi connectivity index (χ1v) is 6.96. The lowest BCUT2D eigenvalue weighted by molar-refractivity contribution is 0.190. The lowest BCUT2D eigenvalue weighted by atomic mass is 9.87. The van der Waals surface area contributed by atoms with Crippen LogP contribution in [-0.4, -0.2) is 28.0 Å². The van der Waals surface area contributed by atoms with Gasteiger partial charge in [-0.3, -0.25) is 0 Å². The first-order chi connectivity index (χ1) is 7.87. The average Bonchev–Trinajstić information content (AvgIpc) is 2.57. The monoisotopic (exact) mass is 259 g/mol. The minimum Gasteiger partial charge on any atom is -0.316 e. The second-order valence-corrected chi connectivity index (χ2v) is 6.30. The largest absolute Gasteiger partial charge is 0.318 e. The van der Waals surface area contributed by atoms with Gasteiger partial charge in [0, 0.05) is 5.75 Å². The van der Waals surface area contributed by atoms with Crippen molar-refractivity contribution >= 4 is 17.8 Å². The lowest BCUT2D eigenvalue weighted by Gasteiger charge is -2.41. The van der Waals surface area contributed by atoms with Crippen LogP contribution in [0.4, 0.5) is 4.79 Å². The number of rotatable bonds is 4. The number of thioether (sulfide) groups is 1. The van der Waals surface area contributed by atoms with Gasteiger partial charge in [-0.05, 0) is 6.42 Å². The summed E-state index contributed by atoms with van der Waals surface area (Å²) in [7, 11) is 0. The van der Waals surface area contributed by atoms with Gasteiger partial charge in [-0.15, -0.1) is 11.8 Å². The Balaban J connectivity index is 2.17. The molecule has 0 aliphatic carbocycles. The highest BCUT2D eigenvalue weighted by molar-refractivity contribution is 8.01. The maximum Gasteiger partial charge on any atom is 0.318 e. The van der Waals surface area contributed by atoms with Crippen LogP contribution in [0, 0.1) is 0 Å². The Morgan fingerprint density at radius 3 is 2.65 bits per heavy atom. The summed E-state index contributed by atoms with van der Waals surface area (Å²) in [5, 5.41) is 5.39. The van der Waals surface area contributed by atoms with Crippen LogP contribution in [-0.2, 0) is 0 Å². The van der Waals surface area contributed by atoms with Gasteiger partial charge in [-0.1, -0.05) is 26.2 Å². The van der Waals surface area contributed by atoms with Crippen molar-refractivity contribution in [3.63, 3.8) is 0 Å². The topological polar surface area (TPSA) is 119 Å². The highest BCUT2D eigenvalue weighted by atomic mass is 32.2. The predicted molar refractivity (Wildman–Crippen MR) is 69.0 cm³/mol. The van der Waals surface area contributed by atoms with E-state index in [9.17, 15) is 4.79 Å². The van der Waals surface area contributed by atoms with Crippen molar-refractivity contribution < 1.29 is 4.79 Å². The Kier molecular flexibility index (Phi) is 3.05. The van der Waals surface area contributed by atoms with E-state index in [-0.39, 0.29) is 6.03 Å². The number of hydrogen-bond donors (Lipinski definition) is 5. The van der Waals surface area contributed by atoms with Gasteiger partial charge >= 0.3 is 6.03 Å². The Labute approximate surface area is 105 Å². The minimum atomic E-state index is -1.07. The lowest BCUT2D eigenvalue weighted by Crippen LogP contribution is -2.78. The number of carbonyl (C=O) groups is 1. The summed E-state index contributed by atoms with van der Waals surface area (Å²) in [6, 6.07) is -0.333. The molecule has 2 aliphatic rings. The summed E-state index contributed by atoms with van der Waals surface area (Å²) in [6.45, 7) is 2.13. The molecule has 8 N–H and O–H groups in total. The van der Waals surface area contributed by atoms with Gasteiger partial charge in [0.1, 0.15) is 10.5 Å². The fraction of sp³-hybridized carbons (Fsp3) is 0.900. The third-order valence-corrected chi connectivity index (χ3v) is 5.37. The molecule has 2 saturated heterocycles. The van der Waals surface area contributed by atoms with Crippen LogP contribution in [0.1, 0.15) is 32.6 Å². The van der Waals surface area contributed by atoms with Gasteiger partial charge in [0.25, 0.3) is 0 Å². The predicted octanol–water partition coefficient (Wildman–Crippen LogP) is -0.409. The summed E-state index contributed by atoms with van der Waals surface area (Å²) in [6.07, 6.45) is 3.97. The van der Waals surface area contributed by atoms with Crippen molar-refractivity contribution in [3.05, 3.63) is 0 Å². The molecular weight excluding hydrogens is 238 g/mol. The molecule has 2 fully saturated rings. The van der Waals surface area contributed by atoms with E-state index >= 15 is 0 Å². The van der Waals surface area contributed by atoms with Crippen LogP contribution in [0.3, 0.4) is 0 Å². The molecule has 3 atom stereocenters. The number of nitrogens with one attached hydrogen (secondary N) is 2. The first kappa shape index (κ1) is 12.9. The molecule has 0 saturated carbocycles. The van der Waals surface area contributed by atoms with E-state index < -0.39 is 16.2 Å². The molecule has 17 heavy (non-hydrogen) atoms. The fourth-order valence-electron chi connectivity index (χ4n) is 2.52. The minimum absolute atomic E-state index is 0.333. The molecular formula is C10H21N5OS. The zero-order chi connectivity index (χ0) is 12.7. The molecule has 6 nitrogen and oxygen atoms in total. The normalized spacial score (nSPS) is 44.4. The summed E-state index contributed by atoms with van der Waals surface area (Å²) in [5.41, 5.74) is 16.8. The number of hydrogen-bond acceptors (Lipinski definition) is 5. The molecule has 0 aromatic rings. The number of amides is 2. The molecule has 0 radical (unpaired) electrons. The van der Waals surface area contributed by atoms with Gasteiger partial charge in [-0.25, -0.2) is 4.79 Å². The van der Waals surface area contributed by atoms with Crippen molar-refractivity contribution in [2.24, 2.45) is 17.2 Å². The van der Waals surface area contributed by atoms with E-state index in [0.717, 1.165) is 25.7 Å². The average molecular weight is 259 g/mol. The van der Waals surface area contributed by atoms with Crippen molar-refractivity contribution in [3.8, 4) is 0 Å². The fourth-order valence-corrected chi connectivity index (χ4v) is 4.05. The Bertz CT molecular complexity index is 341. The molecule has 0 aromatic carbocycles. The van der Waals surface area contributed by atoms with Crippen LogP contribution in [0.5, 0.6) is 0 Å². The van der Waals surface area contributed by atoms with Gasteiger partial charge in [0.2, 0.25) is 0 Å². The number of fused-ring (bicyclic) bond motifs is 1. The van der Waals surface area contributed by atoms with Crippen LogP contribution < -0.4 is 27.8 Å². The van der Waals surface area contributed by atoms with Gasteiger partial charge < -0.3 is 27.8 Å². The van der Waals surface area contributed by atoms with E-state index in [4.69, 9.17) is 17.2 Å². The number of nitrogens with two attached hydrogens (primary N) is 3. The van der Waals surface area contributed by atoms with Gasteiger partial charge in [-0.2, -0.15) is 0 Å². The molecule has 0 unspecified atom stereocenters. The number of carbonyl (C=O) groups excluding carboxylic acids is 1. The molecule has 2 aliphatic heterocycles. The summed E-state index contributed by atoms with van der Waals surface area (Å²) in [5.74, 6) is 0.533. The maximum atomic E-state index is 11.4. The van der Waals surface area contributed by atoms with E-state index in [1.54, 1.807) is 0 Å². The second-order valence-electron chi connectivity index (χ2n) is 4.99. The van der Waals surface area contributed by atoms with Crippen LogP contribution in [0.15, 0.2) is 0 Å². The zero-order valence-corrected chi connectivity index (χ0v) is 10.9. The molecule has 7 heteroatoms. The van der Waals surface area contributed by atoms with Crippen LogP contribution in [0.25, 0.3) is 0 Å². The van der Waals surface area contributed by atoms with E-state index in [0.29, 0.717) is 5.75 Å². The van der Waals surface area contributed by atoms with Crippen LogP contribution in [0.2, 0.25) is 0 Å². The smallest absolute Gasteiger partial charge is 0.316 e. The molecule has 2 heterocycles. The summed E-state index contributed by atoms with van der Waals surface area (Å²) < 4.78 is 0. The number of unbranched alkanes of at least 4 members (excludes halogenated alkanes) is 2. The Hall–Kier alpha value is -0.500. The molecule has 0 aromatic heterocycles. The van der Waals surface area contributed by atoms with Crippen LogP contribution >= 0.6 is 11.8 Å².